The minimum Gasteiger partial charge on any atom is -0.480 e. The van der Waals surface area contributed by atoms with Crippen molar-refractivity contribution in [2.24, 2.45) is 7.05 Å². The van der Waals surface area contributed by atoms with Crippen molar-refractivity contribution in [1.82, 2.24) is 14.9 Å². The molecule has 2 N–H and O–H groups in total. The lowest BCUT2D eigenvalue weighted by molar-refractivity contribution is -0.118. The molecule has 0 fully saturated rings. The van der Waals surface area contributed by atoms with Gasteiger partial charge in [-0.25, -0.2) is 4.98 Å². The molecule has 3 heterocycles. The van der Waals surface area contributed by atoms with Crippen molar-refractivity contribution in [3.8, 4) is 5.75 Å². The summed E-state index contributed by atoms with van der Waals surface area (Å²) in [5, 5.41) is 6.65. The third-order valence-electron chi connectivity index (χ3n) is 4.35. The maximum absolute atomic E-state index is 12.2. The van der Waals surface area contributed by atoms with E-state index in [-0.39, 0.29) is 18.4 Å². The van der Waals surface area contributed by atoms with Gasteiger partial charge in [0.05, 0.1) is 0 Å². The summed E-state index contributed by atoms with van der Waals surface area (Å²) < 4.78 is 7.37. The summed E-state index contributed by atoms with van der Waals surface area (Å²) >= 11 is 0. The Morgan fingerprint density at radius 2 is 2.26 bits per heavy atom. The largest absolute Gasteiger partial charge is 0.480 e. The van der Waals surface area contributed by atoms with E-state index in [9.17, 15) is 9.59 Å². The molecule has 27 heavy (non-hydrogen) atoms. The number of pyridine rings is 1. The molecule has 0 atom stereocenters. The number of nitrogens with zero attached hydrogens (tertiary/aromatic N) is 2. The second-order valence-corrected chi connectivity index (χ2v) is 6.29. The molecule has 1 aliphatic rings. The van der Waals surface area contributed by atoms with Crippen LogP contribution in [-0.2, 0) is 23.2 Å². The van der Waals surface area contributed by atoms with Crippen LogP contribution in [0.4, 0.5) is 5.82 Å². The van der Waals surface area contributed by atoms with Crippen molar-refractivity contribution in [3.05, 3.63) is 59.9 Å². The zero-order valence-corrected chi connectivity index (χ0v) is 14.7. The molecule has 0 saturated carbocycles. The number of fused-ring (bicyclic) bond motifs is 2. The molecule has 1 aliphatic heterocycles. The molecule has 3 aromatic rings. The van der Waals surface area contributed by atoms with Gasteiger partial charge in [0.2, 0.25) is 5.91 Å². The number of anilines is 1. The molecule has 0 bridgehead atoms. The van der Waals surface area contributed by atoms with E-state index in [0.717, 1.165) is 16.5 Å². The number of carbonyl (C=O) groups is 2. The fourth-order valence-corrected chi connectivity index (χ4v) is 3.05. The van der Waals surface area contributed by atoms with E-state index < -0.39 is 0 Å². The normalized spacial score (nSPS) is 13.3. The van der Waals surface area contributed by atoms with Crippen molar-refractivity contribution in [2.75, 3.05) is 11.9 Å². The van der Waals surface area contributed by atoms with Gasteiger partial charge in [0.15, 0.2) is 18.2 Å². The molecule has 0 saturated heterocycles. The molecule has 136 valence electrons. The topological polar surface area (TPSA) is 85.2 Å². The van der Waals surface area contributed by atoms with Gasteiger partial charge in [-0.15, -0.1) is 0 Å². The van der Waals surface area contributed by atoms with Crippen molar-refractivity contribution in [1.29, 1.82) is 0 Å². The summed E-state index contributed by atoms with van der Waals surface area (Å²) in [6.45, 7) is 0.412. The molecule has 2 aromatic heterocycles. The second kappa shape index (κ2) is 6.95. The van der Waals surface area contributed by atoms with Crippen LogP contribution in [0.25, 0.3) is 17.0 Å². The number of hydrogen-bond acceptors (Lipinski definition) is 4. The Morgan fingerprint density at radius 1 is 1.41 bits per heavy atom. The Labute approximate surface area is 155 Å². The van der Waals surface area contributed by atoms with Gasteiger partial charge in [-0.1, -0.05) is 18.2 Å². The van der Waals surface area contributed by atoms with E-state index in [0.29, 0.717) is 23.7 Å². The third kappa shape index (κ3) is 3.52. The first-order chi connectivity index (χ1) is 13.1. The van der Waals surface area contributed by atoms with Crippen LogP contribution < -0.4 is 15.4 Å². The van der Waals surface area contributed by atoms with E-state index >= 15 is 0 Å². The number of para-hydroxylation sites is 1. The quantitative estimate of drug-likeness (QED) is 0.697. The second-order valence-electron chi connectivity index (χ2n) is 6.29. The highest BCUT2D eigenvalue weighted by Gasteiger charge is 2.16. The number of hydrogen-bond donors (Lipinski definition) is 2. The first-order valence-corrected chi connectivity index (χ1v) is 8.52. The summed E-state index contributed by atoms with van der Waals surface area (Å²) in [7, 11) is 1.99. The molecule has 0 spiro atoms. The lowest BCUT2D eigenvalue weighted by atomic mass is 10.2. The minimum absolute atomic E-state index is 0.0344. The summed E-state index contributed by atoms with van der Waals surface area (Å²) in [4.78, 5) is 27.5. The Balaban J connectivity index is 1.41. The summed E-state index contributed by atoms with van der Waals surface area (Å²) in [6.07, 6.45) is 6.71. The average molecular weight is 362 g/mol. The zero-order valence-electron chi connectivity index (χ0n) is 14.7. The van der Waals surface area contributed by atoms with Crippen LogP contribution in [0.15, 0.2) is 48.8 Å². The van der Waals surface area contributed by atoms with Crippen LogP contribution in [0.3, 0.4) is 0 Å². The number of ether oxygens (including phenoxy) is 1. The fraction of sp³-hybridized carbons (Fsp3) is 0.150. The van der Waals surface area contributed by atoms with E-state index in [2.05, 4.69) is 15.6 Å². The van der Waals surface area contributed by atoms with Crippen LogP contribution >= 0.6 is 0 Å². The predicted molar refractivity (Wildman–Crippen MR) is 102 cm³/mol. The van der Waals surface area contributed by atoms with Crippen LogP contribution in [0.2, 0.25) is 0 Å². The number of aryl methyl sites for hydroxylation is 1. The third-order valence-corrected chi connectivity index (χ3v) is 4.35. The van der Waals surface area contributed by atoms with Crippen molar-refractivity contribution < 1.29 is 14.3 Å². The highest BCUT2D eigenvalue weighted by molar-refractivity contribution is 5.95. The standard InChI is InChI=1S/C20H18N4O3/c1-24-11-14(15-4-2-3-5-16(15)24)10-21-18(25)7-6-13-8-17-20(22-9-13)23-19(26)12-27-17/h2-9,11H,10,12H2,1H3,(H,21,25)(H,22,23,26). The minimum atomic E-state index is -0.230. The van der Waals surface area contributed by atoms with Crippen LogP contribution in [0.5, 0.6) is 5.75 Å². The summed E-state index contributed by atoms with van der Waals surface area (Å²) in [5.41, 5.74) is 2.91. The number of carbonyl (C=O) groups excluding carboxylic acids is 2. The maximum atomic E-state index is 12.2. The van der Waals surface area contributed by atoms with Crippen molar-refractivity contribution in [2.45, 2.75) is 6.54 Å². The molecule has 0 radical (unpaired) electrons. The van der Waals surface area contributed by atoms with Gasteiger partial charge in [-0.05, 0) is 29.3 Å². The smallest absolute Gasteiger partial charge is 0.263 e. The molecule has 0 aliphatic carbocycles. The first-order valence-electron chi connectivity index (χ1n) is 8.52. The van der Waals surface area contributed by atoms with Crippen molar-refractivity contribution >= 4 is 34.6 Å². The molecular weight excluding hydrogens is 344 g/mol. The first kappa shape index (κ1) is 16.8. The fourth-order valence-electron chi connectivity index (χ4n) is 3.05. The number of aromatic nitrogens is 2. The number of rotatable bonds is 4. The van der Waals surface area contributed by atoms with E-state index in [1.807, 2.05) is 42.1 Å². The molecule has 7 nitrogen and oxygen atoms in total. The molecule has 1 aromatic carbocycles. The highest BCUT2D eigenvalue weighted by Crippen LogP contribution is 2.26. The Morgan fingerprint density at radius 3 is 3.15 bits per heavy atom. The Bertz CT molecular complexity index is 1070. The van der Waals surface area contributed by atoms with E-state index in [4.69, 9.17) is 4.74 Å². The molecule has 4 rings (SSSR count). The van der Waals surface area contributed by atoms with Gasteiger partial charge >= 0.3 is 0 Å². The molecule has 2 amide bonds. The predicted octanol–water partition coefficient (Wildman–Crippen LogP) is 2.23. The highest BCUT2D eigenvalue weighted by atomic mass is 16.5. The van der Waals surface area contributed by atoms with Crippen LogP contribution in [0, 0.1) is 0 Å². The van der Waals surface area contributed by atoms with Gasteiger partial charge in [0, 0.05) is 43.0 Å². The maximum Gasteiger partial charge on any atom is 0.263 e. The van der Waals surface area contributed by atoms with Gasteiger partial charge in [-0.3, -0.25) is 9.59 Å². The summed E-state index contributed by atoms with van der Waals surface area (Å²) in [5.74, 6) is 0.456. The number of nitrogens with one attached hydrogen (secondary N) is 2. The van der Waals surface area contributed by atoms with Gasteiger partial charge < -0.3 is 19.9 Å². The molecule has 0 unspecified atom stereocenters. The lowest BCUT2D eigenvalue weighted by Crippen LogP contribution is -2.26. The molecular formula is C20H18N4O3. The molecule has 7 heteroatoms. The summed E-state index contributed by atoms with van der Waals surface area (Å²) in [6, 6.07) is 9.81. The average Bonchev–Trinajstić information content (AvgIpc) is 3.01. The Kier molecular flexibility index (Phi) is 4.33. The van der Waals surface area contributed by atoms with Crippen LogP contribution in [0.1, 0.15) is 11.1 Å². The van der Waals surface area contributed by atoms with Gasteiger partial charge in [-0.2, -0.15) is 0 Å². The van der Waals surface area contributed by atoms with Crippen LogP contribution in [-0.4, -0.2) is 28.0 Å². The van der Waals surface area contributed by atoms with Gasteiger partial charge in [0.25, 0.3) is 5.91 Å². The SMILES string of the molecule is Cn1cc(CNC(=O)C=Cc2cnc3c(c2)OCC(=O)N3)c2ccccc21. The van der Waals surface area contributed by atoms with Crippen molar-refractivity contribution in [3.63, 3.8) is 0 Å². The van der Waals surface area contributed by atoms with E-state index in [1.54, 1.807) is 18.3 Å². The zero-order chi connectivity index (χ0) is 18.8. The Hall–Kier alpha value is -3.61. The monoisotopic (exact) mass is 362 g/mol. The number of benzene rings is 1. The van der Waals surface area contributed by atoms with E-state index in [1.165, 1.54) is 6.08 Å². The van der Waals surface area contributed by atoms with Gasteiger partial charge in [0.1, 0.15) is 0 Å². The number of amides is 2. The lowest BCUT2D eigenvalue weighted by Gasteiger charge is -2.16.